The van der Waals surface area contributed by atoms with E-state index in [0.29, 0.717) is 18.5 Å². The molecule has 1 aromatic carbocycles. The second-order valence-corrected chi connectivity index (χ2v) is 5.43. The summed E-state index contributed by atoms with van der Waals surface area (Å²) in [5, 5.41) is 0. The molecule has 1 saturated heterocycles. The minimum absolute atomic E-state index is 0.120. The molecule has 19 heavy (non-hydrogen) atoms. The van der Waals surface area contributed by atoms with Crippen LogP contribution in [0.25, 0.3) is 0 Å². The van der Waals surface area contributed by atoms with Crippen LogP contribution in [-0.4, -0.2) is 42.6 Å². The molecule has 2 amide bonds. The number of amides is 2. The number of benzene rings is 1. The summed E-state index contributed by atoms with van der Waals surface area (Å²) in [5.74, 6) is 1.32. The first-order valence-corrected chi connectivity index (χ1v) is 6.67. The molecule has 0 spiro atoms. The van der Waals surface area contributed by atoms with Gasteiger partial charge in [0.1, 0.15) is 5.75 Å². The van der Waals surface area contributed by atoms with Crippen molar-refractivity contribution in [2.24, 2.45) is 5.92 Å². The highest BCUT2D eigenvalue weighted by Crippen LogP contribution is 2.22. The van der Waals surface area contributed by atoms with E-state index in [1.807, 2.05) is 41.1 Å². The lowest BCUT2D eigenvalue weighted by Gasteiger charge is -2.20. The van der Waals surface area contributed by atoms with E-state index >= 15 is 0 Å². The maximum Gasteiger partial charge on any atom is 0.320 e. The molecule has 1 unspecified atom stereocenters. The summed E-state index contributed by atoms with van der Waals surface area (Å²) < 4.78 is 5.14. The first-order chi connectivity index (χ1) is 9.02. The summed E-state index contributed by atoms with van der Waals surface area (Å²) in [6.07, 6.45) is 0. The largest absolute Gasteiger partial charge is 0.497 e. The van der Waals surface area contributed by atoms with Crippen LogP contribution in [0.5, 0.6) is 5.75 Å². The number of carbonyl (C=O) groups is 1. The highest BCUT2D eigenvalue weighted by molar-refractivity contribution is 5.77. The van der Waals surface area contributed by atoms with Gasteiger partial charge in [-0.15, -0.1) is 0 Å². The Morgan fingerprint density at radius 1 is 1.32 bits per heavy atom. The molecule has 1 aliphatic rings. The molecular formula is C15H22N2O2. The molecule has 0 saturated carbocycles. The fourth-order valence-electron chi connectivity index (χ4n) is 2.53. The van der Waals surface area contributed by atoms with Gasteiger partial charge in [-0.05, 0) is 23.6 Å². The van der Waals surface area contributed by atoms with E-state index in [9.17, 15) is 4.79 Å². The van der Waals surface area contributed by atoms with Gasteiger partial charge in [-0.1, -0.05) is 26.0 Å². The van der Waals surface area contributed by atoms with Crippen LogP contribution in [0.3, 0.4) is 0 Å². The molecular weight excluding hydrogens is 240 g/mol. The summed E-state index contributed by atoms with van der Waals surface area (Å²) in [7, 11) is 3.54. The van der Waals surface area contributed by atoms with Crippen LogP contribution >= 0.6 is 0 Å². The fourth-order valence-corrected chi connectivity index (χ4v) is 2.53. The van der Waals surface area contributed by atoms with E-state index in [0.717, 1.165) is 17.9 Å². The molecule has 0 radical (unpaired) electrons. The van der Waals surface area contributed by atoms with Crippen LogP contribution < -0.4 is 4.74 Å². The Bertz CT molecular complexity index is 442. The van der Waals surface area contributed by atoms with E-state index in [-0.39, 0.29) is 6.03 Å². The van der Waals surface area contributed by atoms with E-state index in [2.05, 4.69) is 13.8 Å². The van der Waals surface area contributed by atoms with Crippen molar-refractivity contribution in [3.63, 3.8) is 0 Å². The minimum Gasteiger partial charge on any atom is -0.497 e. The van der Waals surface area contributed by atoms with Crippen molar-refractivity contribution in [1.29, 1.82) is 0 Å². The molecule has 4 heteroatoms. The van der Waals surface area contributed by atoms with Crippen LogP contribution in [-0.2, 0) is 6.54 Å². The van der Waals surface area contributed by atoms with Gasteiger partial charge in [0.15, 0.2) is 0 Å². The van der Waals surface area contributed by atoms with Crippen LogP contribution in [0.15, 0.2) is 24.3 Å². The number of hydrogen-bond donors (Lipinski definition) is 0. The lowest BCUT2D eigenvalue weighted by atomic mass is 10.0. The quantitative estimate of drug-likeness (QED) is 0.835. The smallest absolute Gasteiger partial charge is 0.320 e. The fraction of sp³-hybridized carbons (Fsp3) is 0.533. The number of carbonyl (C=O) groups excluding carboxylic acids is 1. The molecule has 0 aromatic heterocycles. The number of methoxy groups -OCH3 is 1. The van der Waals surface area contributed by atoms with Crippen LogP contribution in [0.2, 0.25) is 0 Å². The highest BCUT2D eigenvalue weighted by atomic mass is 16.5. The Kier molecular flexibility index (Phi) is 3.98. The SMILES string of the molecule is COc1ccc(CN2CC(C(C)C)N(C)C2=O)cc1. The molecule has 0 N–H and O–H groups in total. The third kappa shape index (κ3) is 2.83. The second kappa shape index (κ2) is 5.51. The molecule has 0 aliphatic carbocycles. The lowest BCUT2D eigenvalue weighted by molar-refractivity contribution is 0.190. The first-order valence-electron chi connectivity index (χ1n) is 6.67. The number of urea groups is 1. The third-order valence-electron chi connectivity index (χ3n) is 3.78. The van der Waals surface area contributed by atoms with Crippen molar-refractivity contribution in [3.05, 3.63) is 29.8 Å². The van der Waals surface area contributed by atoms with Gasteiger partial charge in [-0.3, -0.25) is 0 Å². The molecule has 1 atom stereocenters. The number of ether oxygens (including phenoxy) is 1. The predicted molar refractivity (Wildman–Crippen MR) is 75.2 cm³/mol. The summed E-state index contributed by atoms with van der Waals surface area (Å²) in [6.45, 7) is 5.78. The normalized spacial score (nSPS) is 19.4. The minimum atomic E-state index is 0.120. The molecule has 1 heterocycles. The van der Waals surface area contributed by atoms with Gasteiger partial charge in [-0.2, -0.15) is 0 Å². The summed E-state index contributed by atoms with van der Waals surface area (Å²) in [5.41, 5.74) is 1.13. The lowest BCUT2D eigenvalue weighted by Crippen LogP contribution is -2.33. The third-order valence-corrected chi connectivity index (χ3v) is 3.78. The van der Waals surface area contributed by atoms with Crippen molar-refractivity contribution in [2.75, 3.05) is 20.7 Å². The van der Waals surface area contributed by atoms with Crippen molar-refractivity contribution in [1.82, 2.24) is 9.80 Å². The van der Waals surface area contributed by atoms with Crippen LogP contribution in [0.4, 0.5) is 4.79 Å². The first kappa shape index (κ1) is 13.7. The van der Waals surface area contributed by atoms with Gasteiger partial charge in [-0.25, -0.2) is 4.79 Å². The van der Waals surface area contributed by atoms with Crippen molar-refractivity contribution in [3.8, 4) is 5.75 Å². The standard InChI is InChI=1S/C15H22N2O2/c1-11(2)14-10-17(15(18)16(14)3)9-12-5-7-13(19-4)8-6-12/h5-8,11,14H,9-10H2,1-4H3. The van der Waals surface area contributed by atoms with Gasteiger partial charge in [0.05, 0.1) is 13.2 Å². The summed E-state index contributed by atoms with van der Waals surface area (Å²) in [6, 6.07) is 8.31. The van der Waals surface area contributed by atoms with E-state index in [1.54, 1.807) is 7.11 Å². The maximum absolute atomic E-state index is 12.2. The molecule has 0 bridgehead atoms. The van der Waals surface area contributed by atoms with Gasteiger partial charge in [0, 0.05) is 20.1 Å². The van der Waals surface area contributed by atoms with Gasteiger partial charge < -0.3 is 14.5 Å². The highest BCUT2D eigenvalue weighted by Gasteiger charge is 2.35. The Hall–Kier alpha value is -1.71. The number of hydrogen-bond acceptors (Lipinski definition) is 2. The maximum atomic E-state index is 12.2. The van der Waals surface area contributed by atoms with Crippen LogP contribution in [0.1, 0.15) is 19.4 Å². The van der Waals surface area contributed by atoms with E-state index in [1.165, 1.54) is 0 Å². The summed E-state index contributed by atoms with van der Waals surface area (Å²) >= 11 is 0. The summed E-state index contributed by atoms with van der Waals surface area (Å²) in [4.78, 5) is 15.9. The van der Waals surface area contributed by atoms with Gasteiger partial charge in [0.2, 0.25) is 0 Å². The van der Waals surface area contributed by atoms with E-state index < -0.39 is 0 Å². The zero-order chi connectivity index (χ0) is 14.0. The zero-order valence-electron chi connectivity index (χ0n) is 12.1. The van der Waals surface area contributed by atoms with Gasteiger partial charge in [0.25, 0.3) is 0 Å². The zero-order valence-corrected chi connectivity index (χ0v) is 12.1. The van der Waals surface area contributed by atoms with Crippen molar-refractivity contribution >= 4 is 6.03 Å². The second-order valence-electron chi connectivity index (χ2n) is 5.43. The Morgan fingerprint density at radius 2 is 1.95 bits per heavy atom. The Balaban J connectivity index is 2.04. The van der Waals surface area contributed by atoms with Crippen molar-refractivity contribution in [2.45, 2.75) is 26.4 Å². The number of nitrogens with zero attached hydrogens (tertiary/aromatic N) is 2. The molecule has 1 aliphatic heterocycles. The topological polar surface area (TPSA) is 32.8 Å². The molecule has 2 rings (SSSR count). The Labute approximate surface area is 115 Å². The Morgan fingerprint density at radius 3 is 2.42 bits per heavy atom. The molecule has 4 nitrogen and oxygen atoms in total. The molecule has 1 aromatic rings. The van der Waals surface area contributed by atoms with E-state index in [4.69, 9.17) is 4.74 Å². The number of likely N-dealkylation sites (N-methyl/N-ethyl adjacent to an activating group) is 1. The monoisotopic (exact) mass is 262 g/mol. The average molecular weight is 262 g/mol. The van der Waals surface area contributed by atoms with Crippen LogP contribution in [0, 0.1) is 5.92 Å². The number of rotatable bonds is 4. The molecule has 104 valence electrons. The van der Waals surface area contributed by atoms with Crippen molar-refractivity contribution < 1.29 is 9.53 Å². The predicted octanol–water partition coefficient (Wildman–Crippen LogP) is 2.59. The molecule has 1 fully saturated rings. The average Bonchev–Trinajstić information content (AvgIpc) is 2.68. The van der Waals surface area contributed by atoms with Gasteiger partial charge >= 0.3 is 6.03 Å².